The maximum absolute atomic E-state index is 11.3. The number of hydrogen-bond acceptors (Lipinski definition) is 2. The Balaban J connectivity index is 1.99. The first kappa shape index (κ1) is 9.20. The highest BCUT2D eigenvalue weighted by molar-refractivity contribution is 5.83. The highest BCUT2D eigenvalue weighted by Gasteiger charge is 2.35. The summed E-state index contributed by atoms with van der Waals surface area (Å²) >= 11 is 0. The van der Waals surface area contributed by atoms with Crippen molar-refractivity contribution in [3.8, 4) is 0 Å². The molecule has 2 fully saturated rings. The van der Waals surface area contributed by atoms with Crippen LogP contribution < -0.4 is 0 Å². The molecular weight excluding hydrogens is 162 g/mol. The van der Waals surface area contributed by atoms with Gasteiger partial charge in [-0.2, -0.15) is 0 Å². The van der Waals surface area contributed by atoms with Crippen molar-refractivity contribution in [2.45, 2.75) is 57.5 Å². The third-order valence-corrected chi connectivity index (χ3v) is 3.56. The van der Waals surface area contributed by atoms with E-state index in [1.165, 1.54) is 25.7 Å². The molecule has 2 nitrogen and oxygen atoms in total. The molecule has 1 atom stereocenters. The van der Waals surface area contributed by atoms with Gasteiger partial charge in [0.1, 0.15) is 5.78 Å². The van der Waals surface area contributed by atoms with Crippen molar-refractivity contribution in [2.24, 2.45) is 0 Å². The second-order valence-electron chi connectivity index (χ2n) is 4.42. The van der Waals surface area contributed by atoms with Crippen LogP contribution in [0.1, 0.15) is 45.4 Å². The molecule has 1 aliphatic carbocycles. The van der Waals surface area contributed by atoms with Crippen molar-refractivity contribution in [3.63, 3.8) is 0 Å². The van der Waals surface area contributed by atoms with Crippen LogP contribution in [-0.4, -0.2) is 29.3 Å². The zero-order valence-electron chi connectivity index (χ0n) is 8.46. The monoisotopic (exact) mass is 181 g/mol. The molecule has 0 aromatic carbocycles. The second-order valence-corrected chi connectivity index (χ2v) is 4.42. The maximum atomic E-state index is 11.3. The number of nitrogens with zero attached hydrogens (tertiary/aromatic N) is 1. The summed E-state index contributed by atoms with van der Waals surface area (Å²) in [4.78, 5) is 13.8. The first-order chi connectivity index (χ1) is 6.31. The highest BCUT2D eigenvalue weighted by Crippen LogP contribution is 2.29. The second kappa shape index (κ2) is 3.79. The lowest BCUT2D eigenvalue weighted by molar-refractivity contribution is -0.117. The van der Waals surface area contributed by atoms with Gasteiger partial charge in [-0.05, 0) is 19.3 Å². The van der Waals surface area contributed by atoms with Crippen molar-refractivity contribution < 1.29 is 4.79 Å². The van der Waals surface area contributed by atoms with Gasteiger partial charge in [-0.25, -0.2) is 0 Å². The Bertz CT molecular complexity index is 196. The molecule has 2 aliphatic rings. The summed E-state index contributed by atoms with van der Waals surface area (Å²) in [5.41, 5.74) is 0. The average Bonchev–Trinajstić information content (AvgIpc) is 2.71. The molecule has 1 unspecified atom stereocenters. The number of Topliss-reactive ketones (excluding diaryl/α,β-unsaturated/α-hetero) is 1. The Morgan fingerprint density at radius 2 is 2.08 bits per heavy atom. The fourth-order valence-electron chi connectivity index (χ4n) is 2.82. The normalized spacial score (nSPS) is 31.8. The van der Waals surface area contributed by atoms with Gasteiger partial charge in [-0.15, -0.1) is 0 Å². The number of carbonyl (C=O) groups excluding carboxylic acids is 1. The van der Waals surface area contributed by atoms with E-state index in [1.54, 1.807) is 0 Å². The summed E-state index contributed by atoms with van der Waals surface area (Å²) in [6, 6.07) is 1.30. The van der Waals surface area contributed by atoms with Crippen LogP contribution >= 0.6 is 0 Å². The van der Waals surface area contributed by atoms with Gasteiger partial charge < -0.3 is 0 Å². The lowest BCUT2D eigenvalue weighted by atomic mass is 10.1. The standard InChI is InChI=1S/C11H19NO/c1-2-9-7-11(13)8-12(9)10-5-3-4-6-10/h9-10H,2-8H2,1H3. The molecular formula is C11H19NO. The van der Waals surface area contributed by atoms with E-state index in [-0.39, 0.29) is 0 Å². The molecule has 1 saturated carbocycles. The van der Waals surface area contributed by atoms with Crippen LogP contribution in [0.3, 0.4) is 0 Å². The lowest BCUT2D eigenvalue weighted by Gasteiger charge is -2.28. The number of likely N-dealkylation sites (tertiary alicyclic amines) is 1. The zero-order valence-corrected chi connectivity index (χ0v) is 8.46. The maximum Gasteiger partial charge on any atom is 0.148 e. The molecule has 1 saturated heterocycles. The Hall–Kier alpha value is -0.370. The molecule has 0 aromatic heterocycles. The van der Waals surface area contributed by atoms with Gasteiger partial charge in [0.25, 0.3) is 0 Å². The Morgan fingerprint density at radius 1 is 1.38 bits per heavy atom. The van der Waals surface area contributed by atoms with Gasteiger partial charge in [-0.3, -0.25) is 9.69 Å². The van der Waals surface area contributed by atoms with Crippen LogP contribution in [0, 0.1) is 0 Å². The van der Waals surface area contributed by atoms with Crippen molar-refractivity contribution >= 4 is 5.78 Å². The third kappa shape index (κ3) is 1.78. The first-order valence-electron chi connectivity index (χ1n) is 5.58. The highest BCUT2D eigenvalue weighted by atomic mass is 16.1. The summed E-state index contributed by atoms with van der Waals surface area (Å²) in [5.74, 6) is 0.457. The van der Waals surface area contributed by atoms with E-state index in [9.17, 15) is 4.79 Å². The fourth-order valence-corrected chi connectivity index (χ4v) is 2.82. The zero-order chi connectivity index (χ0) is 9.26. The summed E-state index contributed by atoms with van der Waals surface area (Å²) in [5, 5.41) is 0. The van der Waals surface area contributed by atoms with Crippen LogP contribution in [0.5, 0.6) is 0 Å². The van der Waals surface area contributed by atoms with E-state index >= 15 is 0 Å². The van der Waals surface area contributed by atoms with E-state index in [0.717, 1.165) is 25.4 Å². The molecule has 2 rings (SSSR count). The average molecular weight is 181 g/mol. The van der Waals surface area contributed by atoms with E-state index in [1.807, 2.05) is 0 Å². The molecule has 0 spiro atoms. The number of hydrogen-bond donors (Lipinski definition) is 0. The van der Waals surface area contributed by atoms with Crippen LogP contribution in [-0.2, 0) is 4.79 Å². The van der Waals surface area contributed by atoms with Gasteiger partial charge in [-0.1, -0.05) is 19.8 Å². The molecule has 0 bridgehead atoms. The minimum atomic E-state index is 0.457. The van der Waals surface area contributed by atoms with Crippen LogP contribution in [0.25, 0.3) is 0 Å². The van der Waals surface area contributed by atoms with Crippen LogP contribution in [0.2, 0.25) is 0 Å². The SMILES string of the molecule is CCC1CC(=O)CN1C1CCCC1. The van der Waals surface area contributed by atoms with Crippen molar-refractivity contribution in [2.75, 3.05) is 6.54 Å². The predicted molar refractivity (Wildman–Crippen MR) is 52.7 cm³/mol. The minimum absolute atomic E-state index is 0.457. The Morgan fingerprint density at radius 3 is 2.69 bits per heavy atom. The van der Waals surface area contributed by atoms with Gasteiger partial charge in [0, 0.05) is 18.5 Å². The van der Waals surface area contributed by atoms with Gasteiger partial charge in [0.15, 0.2) is 0 Å². The fraction of sp³-hybridized carbons (Fsp3) is 0.909. The van der Waals surface area contributed by atoms with Crippen LogP contribution in [0.4, 0.5) is 0 Å². The molecule has 0 N–H and O–H groups in total. The topological polar surface area (TPSA) is 20.3 Å². The molecule has 0 amide bonds. The van der Waals surface area contributed by atoms with E-state index in [4.69, 9.17) is 0 Å². The van der Waals surface area contributed by atoms with E-state index in [2.05, 4.69) is 11.8 Å². The number of ketones is 1. The van der Waals surface area contributed by atoms with E-state index in [0.29, 0.717) is 11.8 Å². The molecule has 13 heavy (non-hydrogen) atoms. The first-order valence-corrected chi connectivity index (χ1v) is 5.58. The number of carbonyl (C=O) groups is 1. The van der Waals surface area contributed by atoms with Crippen LogP contribution in [0.15, 0.2) is 0 Å². The molecule has 0 aromatic rings. The molecule has 1 aliphatic heterocycles. The van der Waals surface area contributed by atoms with Crippen molar-refractivity contribution in [1.82, 2.24) is 4.90 Å². The molecule has 1 heterocycles. The van der Waals surface area contributed by atoms with Gasteiger partial charge in [0.2, 0.25) is 0 Å². The van der Waals surface area contributed by atoms with Crippen molar-refractivity contribution in [1.29, 1.82) is 0 Å². The Kier molecular flexibility index (Phi) is 2.68. The molecule has 0 radical (unpaired) electrons. The third-order valence-electron chi connectivity index (χ3n) is 3.56. The van der Waals surface area contributed by atoms with Crippen molar-refractivity contribution in [3.05, 3.63) is 0 Å². The summed E-state index contributed by atoms with van der Waals surface area (Å²) < 4.78 is 0. The summed E-state index contributed by atoms with van der Waals surface area (Å²) in [6.07, 6.45) is 7.33. The van der Waals surface area contributed by atoms with Gasteiger partial charge >= 0.3 is 0 Å². The largest absolute Gasteiger partial charge is 0.298 e. The number of rotatable bonds is 2. The lowest BCUT2D eigenvalue weighted by Crippen LogP contribution is -2.37. The van der Waals surface area contributed by atoms with Gasteiger partial charge in [0.05, 0.1) is 6.54 Å². The molecule has 74 valence electrons. The van der Waals surface area contributed by atoms with E-state index < -0.39 is 0 Å². The smallest absolute Gasteiger partial charge is 0.148 e. The summed E-state index contributed by atoms with van der Waals surface area (Å²) in [6.45, 7) is 2.94. The Labute approximate surface area is 80.3 Å². The summed E-state index contributed by atoms with van der Waals surface area (Å²) in [7, 11) is 0. The minimum Gasteiger partial charge on any atom is -0.298 e. The molecule has 2 heteroatoms. The quantitative estimate of drug-likeness (QED) is 0.649. The predicted octanol–water partition coefficient (Wildman–Crippen LogP) is 1.98.